The molecular weight excluding hydrogens is 413 g/mol. The SMILES string of the molecule is Cc1ccc([N+](=O)[O-])cc1S(=O)(=O)N1CCNCC1c1cccc(Cl)c1.Cl. The lowest BCUT2D eigenvalue weighted by atomic mass is 10.1. The highest BCUT2D eigenvalue weighted by molar-refractivity contribution is 7.89. The Hall–Kier alpha value is -1.71. The number of nitrogens with one attached hydrogen (secondary N) is 1. The number of nitro benzene ring substituents is 1. The summed E-state index contributed by atoms with van der Waals surface area (Å²) in [4.78, 5) is 10.4. The number of aryl methyl sites for hydroxylation is 1. The van der Waals surface area contributed by atoms with Crippen molar-refractivity contribution in [2.75, 3.05) is 19.6 Å². The molecular formula is C17H19Cl2N3O4S. The molecule has 1 unspecified atom stereocenters. The molecule has 1 saturated heterocycles. The van der Waals surface area contributed by atoms with Crippen LogP contribution in [-0.2, 0) is 10.0 Å². The molecule has 7 nitrogen and oxygen atoms in total. The summed E-state index contributed by atoms with van der Waals surface area (Å²) in [6.07, 6.45) is 0. The van der Waals surface area contributed by atoms with Gasteiger partial charge < -0.3 is 5.32 Å². The van der Waals surface area contributed by atoms with Crippen LogP contribution in [0.15, 0.2) is 47.4 Å². The Bertz CT molecular complexity index is 953. The third-order valence-corrected chi connectivity index (χ3v) is 6.68. The molecule has 0 aliphatic carbocycles. The van der Waals surface area contributed by atoms with Crippen molar-refractivity contribution in [2.24, 2.45) is 0 Å². The highest BCUT2D eigenvalue weighted by atomic mass is 35.5. The van der Waals surface area contributed by atoms with Gasteiger partial charge in [-0.3, -0.25) is 10.1 Å². The molecule has 1 atom stereocenters. The minimum absolute atomic E-state index is 0. The number of rotatable bonds is 4. The normalized spacial score (nSPS) is 17.9. The minimum Gasteiger partial charge on any atom is -0.313 e. The molecule has 0 radical (unpaired) electrons. The van der Waals surface area contributed by atoms with Gasteiger partial charge in [-0.25, -0.2) is 8.42 Å². The maximum absolute atomic E-state index is 13.3. The van der Waals surface area contributed by atoms with Crippen LogP contribution >= 0.6 is 24.0 Å². The number of sulfonamides is 1. The zero-order chi connectivity index (χ0) is 18.9. The van der Waals surface area contributed by atoms with E-state index in [9.17, 15) is 18.5 Å². The Kier molecular flexibility index (Phi) is 6.82. The van der Waals surface area contributed by atoms with Crippen molar-refractivity contribution in [2.45, 2.75) is 17.9 Å². The van der Waals surface area contributed by atoms with E-state index >= 15 is 0 Å². The van der Waals surface area contributed by atoms with Crippen molar-refractivity contribution < 1.29 is 13.3 Å². The van der Waals surface area contributed by atoms with Crippen LogP contribution in [0, 0.1) is 17.0 Å². The van der Waals surface area contributed by atoms with Crippen LogP contribution in [-0.4, -0.2) is 37.3 Å². The summed E-state index contributed by atoms with van der Waals surface area (Å²) in [5.41, 5.74) is 0.999. The average Bonchev–Trinajstić information content (AvgIpc) is 2.61. The summed E-state index contributed by atoms with van der Waals surface area (Å²) in [5, 5.41) is 14.8. The molecule has 10 heteroatoms. The Labute approximate surface area is 168 Å². The van der Waals surface area contributed by atoms with Crippen molar-refractivity contribution in [3.63, 3.8) is 0 Å². The van der Waals surface area contributed by atoms with Gasteiger partial charge in [-0.05, 0) is 30.2 Å². The minimum atomic E-state index is -3.91. The molecule has 2 aromatic rings. The topological polar surface area (TPSA) is 92.5 Å². The average molecular weight is 432 g/mol. The predicted molar refractivity (Wildman–Crippen MR) is 106 cm³/mol. The molecule has 1 N–H and O–H groups in total. The molecule has 0 bridgehead atoms. The highest BCUT2D eigenvalue weighted by Crippen LogP contribution is 2.32. The van der Waals surface area contributed by atoms with E-state index in [1.807, 2.05) is 6.07 Å². The molecule has 0 spiro atoms. The van der Waals surface area contributed by atoms with E-state index < -0.39 is 21.0 Å². The van der Waals surface area contributed by atoms with Gasteiger partial charge in [0.2, 0.25) is 10.0 Å². The quantitative estimate of drug-likeness (QED) is 0.591. The van der Waals surface area contributed by atoms with E-state index in [1.54, 1.807) is 25.1 Å². The van der Waals surface area contributed by atoms with Crippen LogP contribution < -0.4 is 5.32 Å². The van der Waals surface area contributed by atoms with Crippen LogP contribution in [0.25, 0.3) is 0 Å². The third-order valence-electron chi connectivity index (χ3n) is 4.40. The lowest BCUT2D eigenvalue weighted by Crippen LogP contribution is -2.48. The summed E-state index contributed by atoms with van der Waals surface area (Å²) in [5.74, 6) is 0. The Morgan fingerprint density at radius 2 is 2.00 bits per heavy atom. The van der Waals surface area contributed by atoms with Gasteiger partial charge in [0.1, 0.15) is 0 Å². The number of hydrogen-bond acceptors (Lipinski definition) is 5. The van der Waals surface area contributed by atoms with Gasteiger partial charge in [0.15, 0.2) is 0 Å². The zero-order valence-corrected chi connectivity index (χ0v) is 16.9. The smallest absolute Gasteiger partial charge is 0.270 e. The molecule has 0 saturated carbocycles. The van der Waals surface area contributed by atoms with Crippen molar-refractivity contribution in [1.29, 1.82) is 0 Å². The molecule has 1 aliphatic rings. The zero-order valence-electron chi connectivity index (χ0n) is 14.5. The summed E-state index contributed by atoms with van der Waals surface area (Å²) < 4.78 is 28.0. The predicted octanol–water partition coefficient (Wildman–Crippen LogP) is 3.31. The van der Waals surface area contributed by atoms with E-state index in [1.165, 1.54) is 16.4 Å². The van der Waals surface area contributed by atoms with Gasteiger partial charge in [0, 0.05) is 36.8 Å². The molecule has 1 aliphatic heterocycles. The summed E-state index contributed by atoms with van der Waals surface area (Å²) in [6, 6.07) is 10.5. The van der Waals surface area contributed by atoms with E-state index in [0.717, 1.165) is 11.6 Å². The molecule has 3 rings (SSSR count). The van der Waals surface area contributed by atoms with Crippen LogP contribution in [0.5, 0.6) is 0 Å². The second kappa shape index (κ2) is 8.53. The van der Waals surface area contributed by atoms with Crippen LogP contribution in [0.4, 0.5) is 5.69 Å². The maximum atomic E-state index is 13.3. The van der Waals surface area contributed by atoms with Crippen molar-refractivity contribution in [3.05, 3.63) is 68.7 Å². The first-order chi connectivity index (χ1) is 12.3. The van der Waals surface area contributed by atoms with Gasteiger partial charge in [-0.15, -0.1) is 12.4 Å². The van der Waals surface area contributed by atoms with E-state index in [0.29, 0.717) is 23.7 Å². The molecule has 146 valence electrons. The summed E-state index contributed by atoms with van der Waals surface area (Å²) in [7, 11) is -3.91. The standard InChI is InChI=1S/C17H18ClN3O4S.ClH/c1-12-5-6-15(21(22)23)10-17(12)26(24,25)20-8-7-19-11-16(20)13-3-2-4-14(18)9-13;/h2-6,9-10,16,19H,7-8,11H2,1H3;1H. The monoisotopic (exact) mass is 431 g/mol. The number of benzene rings is 2. The van der Waals surface area contributed by atoms with Gasteiger partial charge in [-0.1, -0.05) is 29.8 Å². The van der Waals surface area contributed by atoms with Gasteiger partial charge in [-0.2, -0.15) is 4.31 Å². The van der Waals surface area contributed by atoms with Crippen molar-refractivity contribution in [3.8, 4) is 0 Å². The first-order valence-electron chi connectivity index (χ1n) is 8.04. The maximum Gasteiger partial charge on any atom is 0.270 e. The van der Waals surface area contributed by atoms with E-state index in [2.05, 4.69) is 5.32 Å². The fraction of sp³-hybridized carbons (Fsp3) is 0.294. The number of halogens is 2. The van der Waals surface area contributed by atoms with E-state index in [4.69, 9.17) is 11.6 Å². The number of non-ortho nitro benzene ring substituents is 1. The third kappa shape index (κ3) is 4.41. The molecule has 27 heavy (non-hydrogen) atoms. The van der Waals surface area contributed by atoms with Gasteiger partial charge >= 0.3 is 0 Å². The first-order valence-corrected chi connectivity index (χ1v) is 9.85. The molecule has 2 aromatic carbocycles. The van der Waals surface area contributed by atoms with E-state index in [-0.39, 0.29) is 29.5 Å². The van der Waals surface area contributed by atoms with Gasteiger partial charge in [0.25, 0.3) is 5.69 Å². The molecule has 1 heterocycles. The Morgan fingerprint density at radius 1 is 1.26 bits per heavy atom. The van der Waals surface area contributed by atoms with Crippen molar-refractivity contribution >= 4 is 39.7 Å². The second-order valence-electron chi connectivity index (χ2n) is 6.10. The fourth-order valence-electron chi connectivity index (χ4n) is 3.08. The number of nitrogens with zero attached hydrogens (tertiary/aromatic N) is 2. The lowest BCUT2D eigenvalue weighted by molar-refractivity contribution is -0.385. The summed E-state index contributed by atoms with van der Waals surface area (Å²) >= 11 is 6.06. The van der Waals surface area contributed by atoms with Crippen LogP contribution in [0.2, 0.25) is 5.02 Å². The summed E-state index contributed by atoms with van der Waals surface area (Å²) in [6.45, 7) is 2.84. The largest absolute Gasteiger partial charge is 0.313 e. The first kappa shape index (κ1) is 21.6. The Morgan fingerprint density at radius 3 is 2.67 bits per heavy atom. The number of nitro groups is 1. The van der Waals surface area contributed by atoms with Gasteiger partial charge in [0.05, 0.1) is 15.9 Å². The van der Waals surface area contributed by atoms with Crippen LogP contribution in [0.3, 0.4) is 0 Å². The lowest BCUT2D eigenvalue weighted by Gasteiger charge is -2.35. The number of hydrogen-bond donors (Lipinski definition) is 1. The van der Waals surface area contributed by atoms with Crippen LogP contribution in [0.1, 0.15) is 17.2 Å². The second-order valence-corrected chi connectivity index (χ2v) is 8.39. The highest BCUT2D eigenvalue weighted by Gasteiger charge is 2.36. The Balaban J connectivity index is 0.00000261. The molecule has 1 fully saturated rings. The molecule has 0 aromatic heterocycles. The van der Waals surface area contributed by atoms with Crippen molar-refractivity contribution in [1.82, 2.24) is 9.62 Å². The fourth-order valence-corrected chi connectivity index (χ4v) is 5.14. The number of piperazine rings is 1. The molecule has 0 amide bonds.